The molecule has 2 saturated carbocycles. The van der Waals surface area contributed by atoms with E-state index in [1.165, 1.54) is 32.1 Å². The van der Waals surface area contributed by atoms with E-state index in [1.54, 1.807) is 0 Å². The molecule has 0 saturated heterocycles. The summed E-state index contributed by atoms with van der Waals surface area (Å²) in [7, 11) is 0. The molecule has 3 N–H and O–H groups in total. The van der Waals surface area contributed by atoms with Crippen molar-refractivity contribution in [1.82, 2.24) is 5.32 Å². The summed E-state index contributed by atoms with van der Waals surface area (Å²) in [6.45, 7) is 0.367. The highest BCUT2D eigenvalue weighted by Crippen LogP contribution is 2.25. The minimum atomic E-state index is -0.291. The number of hydrogen-bond acceptors (Lipinski definition) is 3. The van der Waals surface area contributed by atoms with Gasteiger partial charge in [0, 0.05) is 6.04 Å². The van der Waals surface area contributed by atoms with Crippen LogP contribution in [-0.2, 0) is 4.74 Å². The molecule has 0 spiro atoms. The van der Waals surface area contributed by atoms with E-state index in [-0.39, 0.29) is 11.6 Å². The summed E-state index contributed by atoms with van der Waals surface area (Å²) in [6.07, 6.45) is 12.4. The van der Waals surface area contributed by atoms with Crippen molar-refractivity contribution in [2.24, 2.45) is 5.73 Å². The Morgan fingerprint density at radius 3 is 2.26 bits per heavy atom. The first-order chi connectivity index (χ1) is 9.18. The van der Waals surface area contributed by atoms with E-state index >= 15 is 0 Å². The highest BCUT2D eigenvalue weighted by molar-refractivity contribution is 5.67. The summed E-state index contributed by atoms with van der Waals surface area (Å²) >= 11 is 0. The SMILES string of the molecule is NC1(COC(=O)NC2CCCCC2)CCCCCC1. The first-order valence-electron chi connectivity index (χ1n) is 7.90. The van der Waals surface area contributed by atoms with Gasteiger partial charge in [0.05, 0.1) is 5.54 Å². The van der Waals surface area contributed by atoms with Crippen molar-refractivity contribution < 1.29 is 9.53 Å². The fraction of sp³-hybridized carbons (Fsp3) is 0.933. The molecule has 0 bridgehead atoms. The van der Waals surface area contributed by atoms with Crippen LogP contribution in [0.1, 0.15) is 70.6 Å². The Hall–Kier alpha value is -0.770. The zero-order valence-electron chi connectivity index (χ0n) is 12.0. The van der Waals surface area contributed by atoms with Crippen LogP contribution in [0, 0.1) is 0 Å². The Morgan fingerprint density at radius 2 is 1.63 bits per heavy atom. The van der Waals surface area contributed by atoms with Crippen molar-refractivity contribution in [3.63, 3.8) is 0 Å². The van der Waals surface area contributed by atoms with Gasteiger partial charge in [-0.1, -0.05) is 44.9 Å². The molecular formula is C15H28N2O2. The van der Waals surface area contributed by atoms with E-state index in [0.29, 0.717) is 12.6 Å². The molecular weight excluding hydrogens is 240 g/mol. The lowest BCUT2D eigenvalue weighted by molar-refractivity contribution is 0.105. The van der Waals surface area contributed by atoms with Crippen LogP contribution >= 0.6 is 0 Å². The van der Waals surface area contributed by atoms with Crippen LogP contribution in [0.4, 0.5) is 4.79 Å². The van der Waals surface area contributed by atoms with Crippen molar-refractivity contribution in [1.29, 1.82) is 0 Å². The summed E-state index contributed by atoms with van der Waals surface area (Å²) in [6, 6.07) is 0.309. The van der Waals surface area contributed by atoms with Gasteiger partial charge in [0.25, 0.3) is 0 Å². The molecule has 4 nitrogen and oxygen atoms in total. The quantitative estimate of drug-likeness (QED) is 0.773. The van der Waals surface area contributed by atoms with E-state index < -0.39 is 0 Å². The van der Waals surface area contributed by atoms with Crippen LogP contribution in [0.3, 0.4) is 0 Å². The monoisotopic (exact) mass is 268 g/mol. The second kappa shape index (κ2) is 7.13. The Morgan fingerprint density at radius 1 is 1.05 bits per heavy atom. The van der Waals surface area contributed by atoms with Crippen LogP contribution in [0.15, 0.2) is 0 Å². The van der Waals surface area contributed by atoms with Crippen LogP contribution in [0.25, 0.3) is 0 Å². The summed E-state index contributed by atoms with van der Waals surface area (Å²) in [5, 5.41) is 2.97. The summed E-state index contributed by atoms with van der Waals surface area (Å²) in [5.41, 5.74) is 6.04. The molecule has 1 amide bonds. The third-order valence-electron chi connectivity index (χ3n) is 4.52. The van der Waals surface area contributed by atoms with E-state index in [4.69, 9.17) is 10.5 Å². The minimum Gasteiger partial charge on any atom is -0.448 e. The van der Waals surface area contributed by atoms with Crippen LogP contribution in [0.2, 0.25) is 0 Å². The molecule has 0 aliphatic heterocycles. The second-order valence-corrected chi connectivity index (χ2v) is 6.33. The van der Waals surface area contributed by atoms with Crippen molar-refractivity contribution >= 4 is 6.09 Å². The number of amides is 1. The maximum absolute atomic E-state index is 11.8. The molecule has 0 radical (unpaired) electrons. The number of nitrogens with two attached hydrogens (primary N) is 1. The van der Waals surface area contributed by atoms with Crippen molar-refractivity contribution in [2.45, 2.75) is 82.2 Å². The molecule has 0 aromatic rings. The molecule has 2 rings (SSSR count). The molecule has 0 unspecified atom stereocenters. The molecule has 0 atom stereocenters. The highest BCUT2D eigenvalue weighted by Gasteiger charge is 2.28. The maximum atomic E-state index is 11.8. The minimum absolute atomic E-state index is 0.277. The fourth-order valence-electron chi connectivity index (χ4n) is 3.24. The average Bonchev–Trinajstić information content (AvgIpc) is 2.63. The Balaban J connectivity index is 1.69. The van der Waals surface area contributed by atoms with Gasteiger partial charge >= 0.3 is 6.09 Å². The summed E-state index contributed by atoms with van der Waals surface area (Å²) in [4.78, 5) is 11.8. The molecule has 0 heterocycles. The largest absolute Gasteiger partial charge is 0.448 e. The summed E-state index contributed by atoms with van der Waals surface area (Å²) < 4.78 is 5.37. The standard InChI is InChI=1S/C15H28N2O2/c16-15(10-6-1-2-7-11-15)12-19-14(18)17-13-8-4-3-5-9-13/h13H,1-12,16H2,(H,17,18). The second-order valence-electron chi connectivity index (χ2n) is 6.33. The van der Waals surface area contributed by atoms with Crippen molar-refractivity contribution in [3.8, 4) is 0 Å². The molecule has 19 heavy (non-hydrogen) atoms. The van der Waals surface area contributed by atoms with Gasteiger partial charge < -0.3 is 15.8 Å². The van der Waals surface area contributed by atoms with Gasteiger partial charge in [-0.3, -0.25) is 0 Å². The van der Waals surface area contributed by atoms with E-state index in [9.17, 15) is 4.79 Å². The van der Waals surface area contributed by atoms with Crippen molar-refractivity contribution in [3.05, 3.63) is 0 Å². The molecule has 2 fully saturated rings. The first kappa shape index (κ1) is 14.6. The normalized spacial score (nSPS) is 24.5. The number of nitrogens with one attached hydrogen (secondary N) is 1. The molecule has 2 aliphatic carbocycles. The lowest BCUT2D eigenvalue weighted by Crippen LogP contribution is -2.46. The Labute approximate surface area is 116 Å². The number of hydrogen-bond donors (Lipinski definition) is 2. The predicted molar refractivity (Wildman–Crippen MR) is 76.0 cm³/mol. The fourth-order valence-corrected chi connectivity index (χ4v) is 3.24. The first-order valence-corrected chi connectivity index (χ1v) is 7.90. The lowest BCUT2D eigenvalue weighted by Gasteiger charge is -2.28. The van der Waals surface area contributed by atoms with Gasteiger partial charge in [0.2, 0.25) is 0 Å². The molecule has 4 heteroatoms. The molecule has 0 aromatic heterocycles. The zero-order valence-corrected chi connectivity index (χ0v) is 12.0. The van der Waals surface area contributed by atoms with Gasteiger partial charge in [0.1, 0.15) is 6.61 Å². The van der Waals surface area contributed by atoms with Crippen LogP contribution < -0.4 is 11.1 Å². The van der Waals surface area contributed by atoms with Gasteiger partial charge in [-0.05, 0) is 25.7 Å². The number of alkyl carbamates (subject to hydrolysis) is 1. The third-order valence-corrected chi connectivity index (χ3v) is 4.52. The van der Waals surface area contributed by atoms with Gasteiger partial charge in [0.15, 0.2) is 0 Å². The van der Waals surface area contributed by atoms with E-state index in [1.807, 2.05) is 0 Å². The van der Waals surface area contributed by atoms with Gasteiger partial charge in [-0.2, -0.15) is 0 Å². The van der Waals surface area contributed by atoms with Crippen molar-refractivity contribution in [2.75, 3.05) is 6.61 Å². The van der Waals surface area contributed by atoms with E-state index in [2.05, 4.69) is 5.32 Å². The highest BCUT2D eigenvalue weighted by atomic mass is 16.5. The smallest absolute Gasteiger partial charge is 0.407 e. The average molecular weight is 268 g/mol. The third kappa shape index (κ3) is 5.01. The maximum Gasteiger partial charge on any atom is 0.407 e. The van der Waals surface area contributed by atoms with Crippen LogP contribution in [0.5, 0.6) is 0 Å². The number of carbonyl (C=O) groups is 1. The van der Waals surface area contributed by atoms with Gasteiger partial charge in [-0.25, -0.2) is 4.79 Å². The Kier molecular flexibility index (Phi) is 5.49. The van der Waals surface area contributed by atoms with E-state index in [0.717, 1.165) is 38.5 Å². The lowest BCUT2D eigenvalue weighted by atomic mass is 9.93. The number of ether oxygens (including phenoxy) is 1. The Bertz CT molecular complexity index is 280. The molecule has 2 aliphatic rings. The van der Waals surface area contributed by atoms with Crippen LogP contribution in [-0.4, -0.2) is 24.3 Å². The molecule has 110 valence electrons. The number of rotatable bonds is 3. The predicted octanol–water partition coefficient (Wildman–Crippen LogP) is 3.10. The summed E-state index contributed by atoms with van der Waals surface area (Å²) in [5.74, 6) is 0. The molecule has 0 aromatic carbocycles. The topological polar surface area (TPSA) is 64.3 Å². The zero-order chi connectivity index (χ0) is 13.6. The number of carbonyl (C=O) groups excluding carboxylic acids is 1. The van der Waals surface area contributed by atoms with Gasteiger partial charge in [-0.15, -0.1) is 0 Å².